The van der Waals surface area contributed by atoms with Crippen LogP contribution in [0.4, 0.5) is 11.4 Å². The lowest BCUT2D eigenvalue weighted by Gasteiger charge is -2.06. The molecule has 0 amide bonds. The third kappa shape index (κ3) is 6.65. The van der Waals surface area contributed by atoms with Crippen LogP contribution in [0.1, 0.15) is 46.2 Å². The fraction of sp³-hybridized carbons (Fsp3) is 0.250. The van der Waals surface area contributed by atoms with Crippen LogP contribution in [-0.2, 0) is 9.47 Å². The zero-order chi connectivity index (χ0) is 25.9. The molecule has 12 nitrogen and oxygen atoms in total. The molecule has 36 heavy (non-hydrogen) atoms. The van der Waals surface area contributed by atoms with E-state index in [2.05, 4.69) is 31.5 Å². The summed E-state index contributed by atoms with van der Waals surface area (Å²) in [5.74, 6) is -0.924. The molecule has 12 heteroatoms. The van der Waals surface area contributed by atoms with Gasteiger partial charge in [-0.3, -0.25) is 10.9 Å². The number of ether oxygens (including phenoxy) is 2. The van der Waals surface area contributed by atoms with Gasteiger partial charge >= 0.3 is 11.9 Å². The molecule has 2 heterocycles. The highest BCUT2D eigenvalue weighted by atomic mass is 16.5. The average Bonchev–Trinajstić information content (AvgIpc) is 3.43. The van der Waals surface area contributed by atoms with Crippen LogP contribution in [0.3, 0.4) is 0 Å². The van der Waals surface area contributed by atoms with Crippen LogP contribution >= 0.6 is 0 Å². The monoisotopic (exact) mass is 492 g/mol. The predicted octanol–water partition coefficient (Wildman–Crippen LogP) is 3.28. The van der Waals surface area contributed by atoms with Crippen molar-refractivity contribution < 1.29 is 19.1 Å². The van der Waals surface area contributed by atoms with Crippen LogP contribution in [0.15, 0.2) is 60.7 Å². The van der Waals surface area contributed by atoms with Crippen molar-refractivity contribution in [3.05, 3.63) is 83.4 Å². The van der Waals surface area contributed by atoms with Gasteiger partial charge in [-0.25, -0.2) is 9.59 Å². The van der Waals surface area contributed by atoms with Gasteiger partial charge in [-0.05, 0) is 62.4 Å². The van der Waals surface area contributed by atoms with Gasteiger partial charge in [0.1, 0.15) is 0 Å². The van der Waals surface area contributed by atoms with E-state index in [1.54, 1.807) is 27.7 Å². The lowest BCUT2D eigenvalue weighted by molar-refractivity contribution is 0.0509. The molecule has 0 unspecified atom stereocenters. The summed E-state index contributed by atoms with van der Waals surface area (Å²) in [6.45, 7) is 7.64. The fourth-order valence-electron chi connectivity index (χ4n) is 2.92. The number of anilines is 2. The Morgan fingerprint density at radius 2 is 1.06 bits per heavy atom. The molecule has 2 aromatic carbocycles. The Hall–Kier alpha value is -4.74. The average molecular weight is 493 g/mol. The summed E-state index contributed by atoms with van der Waals surface area (Å²) >= 11 is 0. The van der Waals surface area contributed by atoms with Gasteiger partial charge in [0.2, 0.25) is 0 Å². The van der Waals surface area contributed by atoms with Crippen molar-refractivity contribution in [2.75, 3.05) is 24.1 Å². The second-order valence-corrected chi connectivity index (χ2v) is 7.27. The molecule has 0 saturated carbocycles. The first-order chi connectivity index (χ1) is 17.4. The lowest BCUT2D eigenvalue weighted by atomic mass is 10.3. The summed E-state index contributed by atoms with van der Waals surface area (Å²) in [6, 6.07) is 19.0. The fourth-order valence-corrected chi connectivity index (χ4v) is 2.92. The SMILES string of the molecule is CCOC(=O)c1nnn(Nc2ccccc2)c1C.CCOC(=O)c1nnn(Nc2ccccc2)c1C. The number of carbonyl (C=O) groups excluding carboxylic acids is 2. The first kappa shape index (κ1) is 25.9. The van der Waals surface area contributed by atoms with E-state index in [0.29, 0.717) is 24.6 Å². The minimum absolute atomic E-state index is 0.222. The van der Waals surface area contributed by atoms with E-state index in [-0.39, 0.29) is 11.4 Å². The molecule has 0 fully saturated rings. The normalized spacial score (nSPS) is 10.1. The van der Waals surface area contributed by atoms with E-state index in [1.807, 2.05) is 60.7 Å². The molecule has 0 bridgehead atoms. The van der Waals surface area contributed by atoms with Crippen molar-refractivity contribution in [1.82, 2.24) is 30.2 Å². The molecule has 0 aliphatic carbocycles. The molecule has 188 valence electrons. The van der Waals surface area contributed by atoms with Crippen LogP contribution in [-0.4, -0.2) is 55.4 Å². The summed E-state index contributed by atoms with van der Waals surface area (Å²) in [4.78, 5) is 26.0. The number of nitrogens with zero attached hydrogens (tertiary/aromatic N) is 6. The zero-order valence-corrected chi connectivity index (χ0v) is 20.5. The Balaban J connectivity index is 0.000000201. The number of carbonyl (C=O) groups is 2. The summed E-state index contributed by atoms with van der Waals surface area (Å²) in [5.41, 5.74) is 9.44. The van der Waals surface area contributed by atoms with Crippen LogP contribution in [0.5, 0.6) is 0 Å². The van der Waals surface area contributed by atoms with Gasteiger partial charge in [-0.1, -0.05) is 36.4 Å². The third-order valence-corrected chi connectivity index (χ3v) is 4.74. The zero-order valence-electron chi connectivity index (χ0n) is 20.5. The highest BCUT2D eigenvalue weighted by Crippen LogP contribution is 2.10. The van der Waals surface area contributed by atoms with Gasteiger partial charge in [0.15, 0.2) is 11.4 Å². The maximum atomic E-state index is 11.6. The number of para-hydroxylation sites is 2. The van der Waals surface area contributed by atoms with Crippen molar-refractivity contribution in [2.24, 2.45) is 0 Å². The molecular weight excluding hydrogens is 464 g/mol. The standard InChI is InChI=1S/2C12H14N4O2/c2*1-3-18-12(17)11-9(2)16(15-13-11)14-10-7-5-4-6-8-10/h2*4-8,14H,3H2,1-2H3. The minimum Gasteiger partial charge on any atom is -0.461 e. The second-order valence-electron chi connectivity index (χ2n) is 7.27. The van der Waals surface area contributed by atoms with Gasteiger partial charge in [0.25, 0.3) is 0 Å². The smallest absolute Gasteiger partial charge is 0.360 e. The van der Waals surface area contributed by atoms with Gasteiger partial charge in [0.05, 0.1) is 36.0 Å². The molecule has 0 spiro atoms. The topological polar surface area (TPSA) is 138 Å². The quantitative estimate of drug-likeness (QED) is 0.352. The highest BCUT2D eigenvalue weighted by molar-refractivity contribution is 5.88. The van der Waals surface area contributed by atoms with E-state index in [4.69, 9.17) is 9.47 Å². The Labute approximate surface area is 208 Å². The van der Waals surface area contributed by atoms with Crippen LogP contribution < -0.4 is 10.9 Å². The summed E-state index contributed by atoms with van der Waals surface area (Å²) < 4.78 is 9.78. The van der Waals surface area contributed by atoms with Gasteiger partial charge in [-0.2, -0.15) is 9.58 Å². The summed E-state index contributed by atoms with van der Waals surface area (Å²) in [7, 11) is 0. The third-order valence-electron chi connectivity index (χ3n) is 4.74. The number of hydrogen-bond acceptors (Lipinski definition) is 10. The molecule has 0 radical (unpaired) electrons. The van der Waals surface area contributed by atoms with Crippen molar-refractivity contribution >= 4 is 23.3 Å². The molecule has 0 aliphatic heterocycles. The second kappa shape index (κ2) is 12.6. The molecule has 0 aliphatic rings. The lowest BCUT2D eigenvalue weighted by Crippen LogP contribution is -2.14. The molecule has 2 N–H and O–H groups in total. The van der Waals surface area contributed by atoms with E-state index in [1.165, 1.54) is 9.58 Å². The molecule has 2 aromatic heterocycles. The van der Waals surface area contributed by atoms with Gasteiger partial charge in [-0.15, -0.1) is 10.2 Å². The molecule has 0 saturated heterocycles. The Kier molecular flexibility index (Phi) is 9.09. The number of aromatic nitrogens is 6. The number of nitrogens with one attached hydrogen (secondary N) is 2. The van der Waals surface area contributed by atoms with Crippen molar-refractivity contribution in [3.63, 3.8) is 0 Å². The number of esters is 2. The Morgan fingerprint density at radius 3 is 1.39 bits per heavy atom. The van der Waals surface area contributed by atoms with Gasteiger partial charge in [0, 0.05) is 0 Å². The van der Waals surface area contributed by atoms with E-state index >= 15 is 0 Å². The highest BCUT2D eigenvalue weighted by Gasteiger charge is 2.18. The molecule has 4 aromatic rings. The van der Waals surface area contributed by atoms with Crippen LogP contribution in [0.2, 0.25) is 0 Å². The predicted molar refractivity (Wildman–Crippen MR) is 132 cm³/mol. The largest absolute Gasteiger partial charge is 0.461 e. The molecular formula is C24H28N8O4. The summed E-state index contributed by atoms with van der Waals surface area (Å²) in [6.07, 6.45) is 0. The summed E-state index contributed by atoms with van der Waals surface area (Å²) in [5, 5.41) is 15.4. The minimum atomic E-state index is -0.462. The first-order valence-corrected chi connectivity index (χ1v) is 11.3. The van der Waals surface area contributed by atoms with Crippen molar-refractivity contribution in [2.45, 2.75) is 27.7 Å². The first-order valence-electron chi connectivity index (χ1n) is 11.3. The van der Waals surface area contributed by atoms with E-state index in [9.17, 15) is 9.59 Å². The number of hydrogen-bond donors (Lipinski definition) is 2. The van der Waals surface area contributed by atoms with Gasteiger partial charge < -0.3 is 9.47 Å². The van der Waals surface area contributed by atoms with E-state index < -0.39 is 11.9 Å². The van der Waals surface area contributed by atoms with E-state index in [0.717, 1.165) is 11.4 Å². The van der Waals surface area contributed by atoms with Crippen molar-refractivity contribution in [3.8, 4) is 0 Å². The van der Waals surface area contributed by atoms with Crippen molar-refractivity contribution in [1.29, 1.82) is 0 Å². The van der Waals surface area contributed by atoms with Crippen LogP contribution in [0.25, 0.3) is 0 Å². The maximum absolute atomic E-state index is 11.6. The Bertz CT molecular complexity index is 1170. The van der Waals surface area contributed by atoms with Crippen LogP contribution in [0, 0.1) is 13.8 Å². The number of rotatable bonds is 8. The number of benzene rings is 2. The molecule has 0 atom stereocenters. The molecule has 4 rings (SSSR count). The maximum Gasteiger partial charge on any atom is 0.360 e. The Morgan fingerprint density at radius 1 is 0.694 bits per heavy atom.